The summed E-state index contributed by atoms with van der Waals surface area (Å²) in [4.78, 5) is 0. The normalized spacial score (nSPS) is 10.2. The predicted molar refractivity (Wildman–Crippen MR) is 188 cm³/mol. The molecule has 8 aromatic carbocycles. The van der Waals surface area contributed by atoms with Crippen molar-refractivity contribution in [2.24, 2.45) is 0 Å². The molecule has 0 saturated carbocycles. The first kappa shape index (κ1) is 35.0. The fourth-order valence-electron chi connectivity index (χ4n) is 5.67. The van der Waals surface area contributed by atoms with Crippen LogP contribution >= 0.6 is 0 Å². The van der Waals surface area contributed by atoms with Crippen LogP contribution in [0.4, 0.5) is 0 Å². The summed E-state index contributed by atoms with van der Waals surface area (Å²) in [7, 11) is 0. The molecule has 0 amide bonds. The van der Waals surface area contributed by atoms with Gasteiger partial charge in [-0.25, -0.2) is 0 Å². The number of aryl methyl sites for hydroxylation is 2. The molecule has 0 radical (unpaired) electrons. The van der Waals surface area contributed by atoms with Crippen molar-refractivity contribution >= 4 is 35.5 Å². The minimum Gasteiger partial charge on any atom is -0.168 e. The van der Waals surface area contributed by atoms with Gasteiger partial charge in [0.05, 0.1) is 0 Å². The zero-order chi connectivity index (χ0) is 30.3. The Bertz CT molecular complexity index is 2040. The SMILES string of the molecule is Cc1ccc2c(c1)[cH-]c1cc(C)ccc12.[Cl-].[Cl-].[Zr+2]=[C](c1ccccc1)c1ccccc1.c1ccc(-c2cccc3[cH-]ccc23)cc1. The second-order valence-corrected chi connectivity index (χ2v) is 12.4. The van der Waals surface area contributed by atoms with Crippen molar-refractivity contribution in [3.05, 3.63) is 192 Å². The Balaban J connectivity index is 0.000000153. The summed E-state index contributed by atoms with van der Waals surface area (Å²) in [6, 6.07) is 60.1. The smallest absolute Gasteiger partial charge is 0.0279 e. The van der Waals surface area contributed by atoms with Gasteiger partial charge in [-0.2, -0.15) is 12.1 Å². The predicted octanol–water partition coefficient (Wildman–Crippen LogP) is 5.36. The molecule has 3 heteroatoms. The van der Waals surface area contributed by atoms with Crippen LogP contribution in [0.15, 0.2) is 170 Å². The van der Waals surface area contributed by atoms with Gasteiger partial charge in [0, 0.05) is 0 Å². The molecule has 226 valence electrons. The Kier molecular flexibility index (Phi) is 12.6. The Hall–Kier alpha value is -3.87. The Labute approximate surface area is 299 Å². The van der Waals surface area contributed by atoms with Crippen LogP contribution in [0.5, 0.6) is 0 Å². The quantitative estimate of drug-likeness (QED) is 0.217. The van der Waals surface area contributed by atoms with E-state index in [0.29, 0.717) is 0 Å². The van der Waals surface area contributed by atoms with Crippen LogP contribution in [0, 0.1) is 13.8 Å². The number of halogens is 2. The van der Waals surface area contributed by atoms with Gasteiger partial charge in [0.1, 0.15) is 0 Å². The molecule has 0 unspecified atom stereocenters. The molecule has 0 atom stereocenters. The number of benzene rings is 6. The van der Waals surface area contributed by atoms with Gasteiger partial charge in [0.2, 0.25) is 0 Å². The summed E-state index contributed by atoms with van der Waals surface area (Å²) >= 11 is 1.46. The van der Waals surface area contributed by atoms with Gasteiger partial charge in [0.25, 0.3) is 0 Å². The first-order valence-electron chi connectivity index (χ1n) is 15.0. The van der Waals surface area contributed by atoms with Crippen LogP contribution in [-0.2, 0) is 24.2 Å². The maximum absolute atomic E-state index is 2.28. The maximum atomic E-state index is 2.28. The molecular formula is C43H34Cl2Zr-2. The van der Waals surface area contributed by atoms with Crippen molar-refractivity contribution in [1.29, 1.82) is 0 Å². The molecular weight excluding hydrogens is 679 g/mol. The maximum Gasteiger partial charge on any atom is -0.0279 e. The van der Waals surface area contributed by atoms with Crippen LogP contribution in [-0.4, -0.2) is 3.21 Å². The summed E-state index contributed by atoms with van der Waals surface area (Å²) in [6.45, 7) is 4.28. The van der Waals surface area contributed by atoms with Crippen molar-refractivity contribution in [3.8, 4) is 11.1 Å². The van der Waals surface area contributed by atoms with Crippen LogP contribution in [0.25, 0.3) is 43.4 Å². The third-order valence-electron chi connectivity index (χ3n) is 7.90. The summed E-state index contributed by atoms with van der Waals surface area (Å²) in [5.74, 6) is 0. The van der Waals surface area contributed by atoms with E-state index >= 15 is 0 Å². The zero-order valence-corrected chi connectivity index (χ0v) is 29.9. The van der Waals surface area contributed by atoms with Crippen molar-refractivity contribution in [3.63, 3.8) is 0 Å². The van der Waals surface area contributed by atoms with Gasteiger partial charge < -0.3 is 24.8 Å². The van der Waals surface area contributed by atoms with E-state index in [2.05, 4.69) is 184 Å². The topological polar surface area (TPSA) is 0 Å². The molecule has 46 heavy (non-hydrogen) atoms. The molecule has 8 aromatic rings. The summed E-state index contributed by atoms with van der Waals surface area (Å²) < 4.78 is 1.42. The van der Waals surface area contributed by atoms with E-state index in [1.54, 1.807) is 0 Å². The minimum absolute atomic E-state index is 0. The monoisotopic (exact) mass is 710 g/mol. The molecule has 8 rings (SSSR count). The second-order valence-electron chi connectivity index (χ2n) is 11.1. The van der Waals surface area contributed by atoms with Gasteiger partial charge in [-0.1, -0.05) is 77.4 Å². The van der Waals surface area contributed by atoms with Crippen LogP contribution in [0.2, 0.25) is 0 Å². The average Bonchev–Trinajstić information content (AvgIpc) is 3.70. The average molecular weight is 713 g/mol. The summed E-state index contributed by atoms with van der Waals surface area (Å²) in [5.41, 5.74) is 7.92. The van der Waals surface area contributed by atoms with Crippen LogP contribution < -0.4 is 24.8 Å². The van der Waals surface area contributed by atoms with Crippen molar-refractivity contribution in [1.82, 2.24) is 0 Å². The number of rotatable bonds is 3. The van der Waals surface area contributed by atoms with Gasteiger partial charge in [-0.3, -0.25) is 0 Å². The number of hydrogen-bond donors (Lipinski definition) is 0. The molecule has 0 nitrogen and oxygen atoms in total. The zero-order valence-electron chi connectivity index (χ0n) is 25.9. The van der Waals surface area contributed by atoms with Crippen molar-refractivity contribution < 1.29 is 49.0 Å². The van der Waals surface area contributed by atoms with E-state index in [0.717, 1.165) is 0 Å². The van der Waals surface area contributed by atoms with E-state index < -0.39 is 0 Å². The van der Waals surface area contributed by atoms with Crippen LogP contribution in [0.3, 0.4) is 0 Å². The van der Waals surface area contributed by atoms with E-state index in [1.807, 2.05) is 0 Å². The van der Waals surface area contributed by atoms with E-state index in [9.17, 15) is 0 Å². The Morgan fingerprint density at radius 3 is 1.50 bits per heavy atom. The molecule has 0 aliphatic rings. The molecule has 0 N–H and O–H groups in total. The van der Waals surface area contributed by atoms with E-state index in [1.165, 1.54) is 93.1 Å². The van der Waals surface area contributed by atoms with E-state index in [-0.39, 0.29) is 24.8 Å². The third kappa shape index (κ3) is 8.28. The summed E-state index contributed by atoms with van der Waals surface area (Å²) in [5, 5.41) is 8.11. The standard InChI is InChI=1S/C15H13.C15H11.C13H10.2ClH.Zr/c1-10-3-5-14-12(7-10)9-13-8-11(2)4-6-15(13)14;1-2-6-12(7-3-1)14-10-4-8-13-9-5-11-15(13)14;1-3-7-12(8-4-1)11-13-9-5-2-6-10-13;;;/h3-9H,1-2H3;1-11H;1-10H;2*1H;/q2*-1;;;;+2/p-2. The number of hydrogen-bond acceptors (Lipinski definition) is 0. The van der Waals surface area contributed by atoms with E-state index in [4.69, 9.17) is 0 Å². The molecule has 0 aromatic heterocycles. The van der Waals surface area contributed by atoms with Gasteiger partial charge in [-0.15, -0.1) is 68.7 Å². The molecule has 0 bridgehead atoms. The molecule has 0 aliphatic carbocycles. The summed E-state index contributed by atoms with van der Waals surface area (Å²) in [6.07, 6.45) is 0. The first-order valence-corrected chi connectivity index (χ1v) is 16.3. The first-order chi connectivity index (χ1) is 21.6. The third-order valence-corrected chi connectivity index (χ3v) is 9.32. The van der Waals surface area contributed by atoms with Crippen LogP contribution in [0.1, 0.15) is 22.3 Å². The fraction of sp³-hybridized carbons (Fsp3) is 0.0465. The molecule has 0 spiro atoms. The molecule has 0 heterocycles. The van der Waals surface area contributed by atoms with Gasteiger partial charge >= 0.3 is 99.2 Å². The largest absolute Gasteiger partial charge is 0.168 e. The second kappa shape index (κ2) is 16.6. The van der Waals surface area contributed by atoms with Crippen molar-refractivity contribution in [2.45, 2.75) is 13.8 Å². The Morgan fingerprint density at radius 2 is 0.978 bits per heavy atom. The number of fused-ring (bicyclic) bond motifs is 4. The fourth-order valence-corrected chi connectivity index (χ4v) is 6.49. The minimum atomic E-state index is 0. The molecule has 0 fully saturated rings. The van der Waals surface area contributed by atoms with Gasteiger partial charge in [-0.05, 0) is 19.4 Å². The van der Waals surface area contributed by atoms with Crippen molar-refractivity contribution in [2.75, 3.05) is 0 Å². The molecule has 0 aliphatic heterocycles. The molecule has 0 saturated heterocycles. The van der Waals surface area contributed by atoms with Gasteiger partial charge in [0.15, 0.2) is 0 Å². The Morgan fingerprint density at radius 1 is 0.478 bits per heavy atom.